The summed E-state index contributed by atoms with van der Waals surface area (Å²) in [7, 11) is 0. The summed E-state index contributed by atoms with van der Waals surface area (Å²) < 4.78 is 0. The van der Waals surface area contributed by atoms with Gasteiger partial charge in [0.25, 0.3) is 5.91 Å². The standard InChI is InChI=1S/C15H12N2O2.Na.H2O/c18-13-15(17-14(19)16-13,11-7-3-1-4-8-11)12-9-5-2-6-10-12;;/h1-10H,(H2,16,17,18,19);;1H2. The van der Waals surface area contributed by atoms with Crippen molar-refractivity contribution in [2.75, 3.05) is 0 Å². The largest absolute Gasteiger partial charge is 0.412 e. The number of hydrogen-bond acceptors (Lipinski definition) is 2. The van der Waals surface area contributed by atoms with Gasteiger partial charge in [-0.25, -0.2) is 4.79 Å². The summed E-state index contributed by atoms with van der Waals surface area (Å²) in [6, 6.07) is 18.0. The quantitative estimate of drug-likeness (QED) is 0.626. The molecule has 1 aliphatic heterocycles. The minimum Gasteiger partial charge on any atom is -0.412 e. The average molecular weight is 293 g/mol. The Bertz CT molecular complexity index is 592. The molecule has 1 saturated heterocycles. The topological polar surface area (TPSA) is 89.7 Å². The third-order valence-electron chi connectivity index (χ3n) is 3.28. The zero-order valence-electron chi connectivity index (χ0n) is 11.6. The monoisotopic (exact) mass is 293 g/mol. The Labute approximate surface area is 144 Å². The number of amides is 3. The van der Waals surface area contributed by atoms with Crippen molar-refractivity contribution in [3.63, 3.8) is 0 Å². The van der Waals surface area contributed by atoms with Gasteiger partial charge < -0.3 is 10.8 Å². The molecule has 1 heterocycles. The van der Waals surface area contributed by atoms with E-state index in [2.05, 4.69) is 10.6 Å². The second-order valence-corrected chi connectivity index (χ2v) is 4.39. The van der Waals surface area contributed by atoms with Crippen molar-refractivity contribution in [3.8, 4) is 0 Å². The maximum Gasteiger partial charge on any atom is 0.322 e. The number of carbonyl (C=O) groups excluding carboxylic acids is 2. The Morgan fingerprint density at radius 1 is 0.762 bits per heavy atom. The summed E-state index contributed by atoms with van der Waals surface area (Å²) in [4.78, 5) is 23.9. The maximum absolute atomic E-state index is 12.3. The third kappa shape index (κ3) is 2.87. The molecule has 0 spiro atoms. The molecule has 0 atom stereocenters. The molecular formula is C15H14N2NaO3. The Hall–Kier alpha value is -1.66. The van der Waals surface area contributed by atoms with Crippen LogP contribution in [0.5, 0.6) is 0 Å². The van der Waals surface area contributed by atoms with Crippen molar-refractivity contribution in [1.82, 2.24) is 10.6 Å². The molecule has 3 rings (SSSR count). The summed E-state index contributed by atoms with van der Waals surface area (Å²) in [6.07, 6.45) is 0. The minimum atomic E-state index is -1.14. The molecule has 0 saturated carbocycles. The van der Waals surface area contributed by atoms with Crippen molar-refractivity contribution in [3.05, 3.63) is 71.8 Å². The van der Waals surface area contributed by atoms with E-state index in [9.17, 15) is 9.59 Å². The summed E-state index contributed by atoms with van der Waals surface area (Å²) in [5.41, 5.74) is 0.341. The van der Waals surface area contributed by atoms with Gasteiger partial charge >= 0.3 is 6.03 Å². The predicted molar refractivity (Wildman–Crippen MR) is 79.7 cm³/mol. The molecule has 2 aromatic carbocycles. The Kier molecular flexibility index (Phi) is 5.69. The third-order valence-corrected chi connectivity index (χ3v) is 3.28. The van der Waals surface area contributed by atoms with Gasteiger partial charge in [-0.05, 0) is 11.1 Å². The number of carbonyl (C=O) groups is 2. The van der Waals surface area contributed by atoms with E-state index in [0.29, 0.717) is 0 Å². The van der Waals surface area contributed by atoms with Crippen LogP contribution in [0, 0.1) is 0 Å². The molecule has 5 nitrogen and oxygen atoms in total. The fourth-order valence-corrected chi connectivity index (χ4v) is 2.40. The van der Waals surface area contributed by atoms with Gasteiger partial charge in [-0.3, -0.25) is 10.1 Å². The van der Waals surface area contributed by atoms with Crippen molar-refractivity contribution in [1.29, 1.82) is 0 Å². The van der Waals surface area contributed by atoms with Crippen LogP contribution in [0.3, 0.4) is 0 Å². The van der Waals surface area contributed by atoms with Gasteiger partial charge in [0, 0.05) is 29.6 Å². The van der Waals surface area contributed by atoms with Crippen LogP contribution in [0.4, 0.5) is 4.79 Å². The van der Waals surface area contributed by atoms with Crippen LogP contribution in [-0.4, -0.2) is 47.0 Å². The number of imide groups is 1. The molecule has 0 unspecified atom stereocenters. The normalized spacial score (nSPS) is 15.2. The number of urea groups is 1. The van der Waals surface area contributed by atoms with Gasteiger partial charge in [0.05, 0.1) is 0 Å². The number of rotatable bonds is 2. The molecule has 1 aliphatic rings. The van der Waals surface area contributed by atoms with Crippen molar-refractivity contribution >= 4 is 41.5 Å². The predicted octanol–water partition coefficient (Wildman–Crippen LogP) is 0.564. The maximum atomic E-state index is 12.3. The summed E-state index contributed by atoms with van der Waals surface area (Å²) in [5.74, 6) is -0.352. The molecular weight excluding hydrogens is 279 g/mol. The van der Waals surface area contributed by atoms with Gasteiger partial charge in [0.2, 0.25) is 0 Å². The second-order valence-electron chi connectivity index (χ2n) is 4.39. The molecule has 21 heavy (non-hydrogen) atoms. The summed E-state index contributed by atoms with van der Waals surface area (Å²) in [5, 5.41) is 5.07. The van der Waals surface area contributed by atoms with E-state index in [1.165, 1.54) is 0 Å². The van der Waals surface area contributed by atoms with Crippen LogP contribution in [0.2, 0.25) is 0 Å². The van der Waals surface area contributed by atoms with Crippen molar-refractivity contribution in [2.24, 2.45) is 0 Å². The summed E-state index contributed by atoms with van der Waals surface area (Å²) >= 11 is 0. The van der Waals surface area contributed by atoms with Crippen LogP contribution in [0.25, 0.3) is 0 Å². The van der Waals surface area contributed by atoms with Crippen LogP contribution in [0.15, 0.2) is 60.7 Å². The van der Waals surface area contributed by atoms with E-state index in [1.54, 1.807) is 0 Å². The zero-order valence-corrected chi connectivity index (χ0v) is 13.6. The molecule has 3 amide bonds. The van der Waals surface area contributed by atoms with Gasteiger partial charge in [-0.15, -0.1) is 0 Å². The van der Waals surface area contributed by atoms with Crippen LogP contribution < -0.4 is 10.6 Å². The van der Waals surface area contributed by atoms with Crippen molar-refractivity contribution < 1.29 is 15.1 Å². The smallest absolute Gasteiger partial charge is 0.322 e. The van der Waals surface area contributed by atoms with Crippen LogP contribution >= 0.6 is 0 Å². The molecule has 0 bridgehead atoms. The molecule has 1 fully saturated rings. The number of hydrogen-bond donors (Lipinski definition) is 2. The van der Waals surface area contributed by atoms with E-state index in [4.69, 9.17) is 0 Å². The van der Waals surface area contributed by atoms with E-state index in [-0.39, 0.29) is 40.9 Å². The van der Waals surface area contributed by atoms with E-state index in [1.807, 2.05) is 60.7 Å². The first-order valence-corrected chi connectivity index (χ1v) is 5.98. The minimum absolute atomic E-state index is 0. The zero-order chi connectivity index (χ0) is 13.3. The van der Waals surface area contributed by atoms with E-state index >= 15 is 0 Å². The Morgan fingerprint density at radius 2 is 1.19 bits per heavy atom. The number of benzene rings is 2. The average Bonchev–Trinajstić information content (AvgIpc) is 2.76. The van der Waals surface area contributed by atoms with Gasteiger partial charge in [-0.1, -0.05) is 60.7 Å². The van der Waals surface area contributed by atoms with Gasteiger partial charge in [0.15, 0.2) is 5.54 Å². The first-order chi connectivity index (χ1) is 9.23. The van der Waals surface area contributed by atoms with Crippen LogP contribution in [-0.2, 0) is 10.3 Å². The van der Waals surface area contributed by atoms with Gasteiger partial charge in [0.1, 0.15) is 0 Å². The molecule has 0 aromatic heterocycles. The molecule has 1 radical (unpaired) electrons. The Morgan fingerprint density at radius 3 is 1.52 bits per heavy atom. The Balaban J connectivity index is 0.00000110. The molecule has 103 valence electrons. The molecule has 6 heteroatoms. The summed E-state index contributed by atoms with van der Waals surface area (Å²) in [6.45, 7) is 0. The second kappa shape index (κ2) is 6.87. The molecule has 2 aromatic rings. The van der Waals surface area contributed by atoms with E-state index < -0.39 is 11.6 Å². The fraction of sp³-hybridized carbons (Fsp3) is 0.0667. The number of nitrogens with one attached hydrogen (secondary N) is 2. The first kappa shape index (κ1) is 17.4. The van der Waals surface area contributed by atoms with E-state index in [0.717, 1.165) is 11.1 Å². The van der Waals surface area contributed by atoms with Crippen molar-refractivity contribution in [2.45, 2.75) is 5.54 Å². The SMILES string of the molecule is O.O=C1NC(=O)C(c2ccccc2)(c2ccccc2)N1.[Na]. The first-order valence-electron chi connectivity index (χ1n) is 5.98. The molecule has 0 aliphatic carbocycles. The van der Waals surface area contributed by atoms with Crippen LogP contribution in [0.1, 0.15) is 11.1 Å². The van der Waals surface area contributed by atoms with Gasteiger partial charge in [-0.2, -0.15) is 0 Å². The molecule has 4 N–H and O–H groups in total. The fourth-order valence-electron chi connectivity index (χ4n) is 2.40.